The summed E-state index contributed by atoms with van der Waals surface area (Å²) in [7, 11) is 14.5. The van der Waals surface area contributed by atoms with E-state index in [2.05, 4.69) is 20.9 Å². The lowest BCUT2D eigenvalue weighted by molar-refractivity contribution is 0.0821. The quantitative estimate of drug-likeness (QED) is 0.579. The van der Waals surface area contributed by atoms with Gasteiger partial charge in [0.15, 0.2) is 0 Å². The molecule has 74 valence electrons. The van der Waals surface area contributed by atoms with Crippen LogP contribution in [0.15, 0.2) is 18.2 Å². The molecule has 1 heterocycles. The molecule has 4 radical (unpaired) electrons. The molecule has 0 aliphatic heterocycles. The summed E-state index contributed by atoms with van der Waals surface area (Å²) in [6.45, 7) is 0. The lowest BCUT2D eigenvalue weighted by Gasteiger charge is -2.18. The molecule has 1 rings (SSSR count). The number of rotatable bonds is 2. The highest BCUT2D eigenvalue weighted by atomic mass is 79.9. The van der Waals surface area contributed by atoms with Crippen molar-refractivity contribution in [3.8, 4) is 0 Å². The van der Waals surface area contributed by atoms with Crippen LogP contribution in [0.2, 0.25) is 0 Å². The van der Waals surface area contributed by atoms with Crippen LogP contribution in [0.5, 0.6) is 0 Å². The number of hydrogen-bond donors (Lipinski definition) is 0. The molecule has 0 N–H and O–H groups in total. The standard InChI is InChI=1S/C9H9B2BrN2O/c1-14(2)8(15)6-4-3-5-7(13-6)9(10,11)12/h3-5H,1-2H3. The Balaban J connectivity index is 3.09. The maximum absolute atomic E-state index is 11.6. The summed E-state index contributed by atoms with van der Waals surface area (Å²) in [4.78, 5) is 17.1. The van der Waals surface area contributed by atoms with E-state index >= 15 is 0 Å². The summed E-state index contributed by atoms with van der Waals surface area (Å²) in [6, 6.07) is 4.96. The van der Waals surface area contributed by atoms with Crippen molar-refractivity contribution in [2.75, 3.05) is 14.1 Å². The number of carbonyl (C=O) groups is 1. The average Bonchev–Trinajstić information content (AvgIpc) is 2.15. The molecular formula is C9H9B2BrN2O. The van der Waals surface area contributed by atoms with Crippen LogP contribution >= 0.6 is 15.9 Å². The van der Waals surface area contributed by atoms with Crippen LogP contribution in [0, 0.1) is 0 Å². The highest BCUT2D eigenvalue weighted by Crippen LogP contribution is 2.21. The Bertz CT molecular complexity index is 377. The van der Waals surface area contributed by atoms with Gasteiger partial charge in [-0.05, 0) is 16.3 Å². The van der Waals surface area contributed by atoms with Crippen molar-refractivity contribution < 1.29 is 4.79 Å². The number of hydrogen-bond acceptors (Lipinski definition) is 2. The molecule has 3 nitrogen and oxygen atoms in total. The molecule has 0 unspecified atom stereocenters. The molecule has 0 bridgehead atoms. The van der Waals surface area contributed by atoms with Crippen LogP contribution in [0.1, 0.15) is 16.2 Å². The number of halogens is 1. The third kappa shape index (κ3) is 3.09. The van der Waals surface area contributed by atoms with Crippen LogP contribution in [0.4, 0.5) is 0 Å². The molecular weight excluding hydrogens is 254 g/mol. The maximum Gasteiger partial charge on any atom is 0.271 e. The van der Waals surface area contributed by atoms with Gasteiger partial charge in [0, 0.05) is 19.8 Å². The maximum atomic E-state index is 11.6. The van der Waals surface area contributed by atoms with E-state index < -0.39 is 4.12 Å². The Labute approximate surface area is 100 Å². The van der Waals surface area contributed by atoms with Crippen molar-refractivity contribution in [2.24, 2.45) is 0 Å². The SMILES string of the molecule is [B]C([B])(Br)c1cccc(C(=O)N(C)C)n1. The van der Waals surface area contributed by atoms with Crippen LogP contribution in [-0.4, -0.2) is 45.6 Å². The monoisotopic (exact) mass is 262 g/mol. The third-order valence-corrected chi connectivity index (χ3v) is 2.17. The number of nitrogens with zero attached hydrogens (tertiary/aromatic N) is 2. The fourth-order valence-electron chi connectivity index (χ4n) is 0.996. The Morgan fingerprint density at radius 3 is 2.53 bits per heavy atom. The molecule has 1 aromatic heterocycles. The minimum Gasteiger partial charge on any atom is -0.343 e. The van der Waals surface area contributed by atoms with Gasteiger partial charge in [-0.3, -0.25) is 4.79 Å². The van der Waals surface area contributed by atoms with Crippen molar-refractivity contribution in [1.82, 2.24) is 9.88 Å². The first-order valence-electron chi connectivity index (χ1n) is 4.28. The summed E-state index contributed by atoms with van der Waals surface area (Å²) in [5.74, 6) is -0.186. The van der Waals surface area contributed by atoms with Gasteiger partial charge in [-0.2, -0.15) is 0 Å². The van der Waals surface area contributed by atoms with Gasteiger partial charge in [0.1, 0.15) is 5.69 Å². The molecule has 0 fully saturated rings. The molecule has 0 saturated carbocycles. The zero-order valence-corrected chi connectivity index (χ0v) is 10.2. The fourth-order valence-corrected chi connectivity index (χ4v) is 1.22. The summed E-state index contributed by atoms with van der Waals surface area (Å²) < 4.78 is -1.21. The molecule has 0 aliphatic rings. The predicted octanol–water partition coefficient (Wildman–Crippen LogP) is 0.626. The van der Waals surface area contributed by atoms with Crippen molar-refractivity contribution >= 4 is 37.5 Å². The first-order chi connectivity index (χ1) is 6.82. The van der Waals surface area contributed by atoms with Crippen LogP contribution < -0.4 is 0 Å². The van der Waals surface area contributed by atoms with E-state index in [4.69, 9.17) is 15.7 Å². The van der Waals surface area contributed by atoms with Crippen LogP contribution in [-0.2, 0) is 4.12 Å². The van der Waals surface area contributed by atoms with Crippen molar-refractivity contribution in [1.29, 1.82) is 0 Å². The first kappa shape index (κ1) is 12.3. The molecule has 0 aromatic carbocycles. The summed E-state index contributed by atoms with van der Waals surface area (Å²) in [5.41, 5.74) is 0.729. The number of pyridine rings is 1. The van der Waals surface area contributed by atoms with E-state index in [1.807, 2.05) is 0 Å². The summed E-state index contributed by atoms with van der Waals surface area (Å²) >= 11 is 3.08. The second-order valence-electron chi connectivity index (χ2n) is 3.38. The average molecular weight is 263 g/mol. The molecule has 0 saturated heterocycles. The van der Waals surface area contributed by atoms with Gasteiger partial charge in [0.2, 0.25) is 0 Å². The minimum atomic E-state index is -1.21. The lowest BCUT2D eigenvalue weighted by Crippen LogP contribution is -2.25. The van der Waals surface area contributed by atoms with Gasteiger partial charge in [0.05, 0.1) is 15.7 Å². The zero-order valence-electron chi connectivity index (χ0n) is 8.57. The van der Waals surface area contributed by atoms with E-state index in [0.29, 0.717) is 11.4 Å². The van der Waals surface area contributed by atoms with E-state index in [0.717, 1.165) is 0 Å². The molecule has 0 spiro atoms. The minimum absolute atomic E-state index is 0.186. The van der Waals surface area contributed by atoms with Crippen molar-refractivity contribution in [3.05, 3.63) is 29.6 Å². The first-order valence-corrected chi connectivity index (χ1v) is 5.07. The van der Waals surface area contributed by atoms with E-state index in [1.165, 1.54) is 4.90 Å². The van der Waals surface area contributed by atoms with Gasteiger partial charge in [-0.25, -0.2) is 4.98 Å². The Morgan fingerprint density at radius 2 is 2.07 bits per heavy atom. The lowest BCUT2D eigenvalue weighted by atomic mass is 9.68. The van der Waals surface area contributed by atoms with Crippen molar-refractivity contribution in [3.63, 3.8) is 0 Å². The largest absolute Gasteiger partial charge is 0.343 e. The Morgan fingerprint density at radius 1 is 1.47 bits per heavy atom. The van der Waals surface area contributed by atoms with E-state index in [1.54, 1.807) is 32.3 Å². The number of carbonyl (C=O) groups excluding carboxylic acids is 1. The number of aromatic nitrogens is 1. The van der Waals surface area contributed by atoms with Gasteiger partial charge < -0.3 is 4.90 Å². The molecule has 1 aromatic rings. The summed E-state index contributed by atoms with van der Waals surface area (Å²) in [5, 5.41) is 0. The smallest absolute Gasteiger partial charge is 0.271 e. The Kier molecular flexibility index (Phi) is 3.60. The highest BCUT2D eigenvalue weighted by Gasteiger charge is 2.18. The van der Waals surface area contributed by atoms with E-state index in [9.17, 15) is 4.79 Å². The van der Waals surface area contributed by atoms with E-state index in [-0.39, 0.29) is 5.91 Å². The number of alkyl halides is 1. The molecule has 0 atom stereocenters. The van der Waals surface area contributed by atoms with Gasteiger partial charge in [0.25, 0.3) is 5.91 Å². The summed E-state index contributed by atoms with van der Waals surface area (Å²) in [6.07, 6.45) is 0. The molecule has 1 amide bonds. The molecule has 6 heteroatoms. The molecule has 15 heavy (non-hydrogen) atoms. The third-order valence-electron chi connectivity index (χ3n) is 1.77. The second-order valence-corrected chi connectivity index (χ2v) is 4.69. The van der Waals surface area contributed by atoms with Crippen LogP contribution in [0.25, 0.3) is 0 Å². The van der Waals surface area contributed by atoms with Gasteiger partial charge in [-0.15, -0.1) is 0 Å². The van der Waals surface area contributed by atoms with Crippen LogP contribution in [0.3, 0.4) is 0 Å². The van der Waals surface area contributed by atoms with Gasteiger partial charge in [-0.1, -0.05) is 22.0 Å². The topological polar surface area (TPSA) is 33.2 Å². The second kappa shape index (κ2) is 4.39. The predicted molar refractivity (Wildman–Crippen MR) is 64.4 cm³/mol. The fraction of sp³-hybridized carbons (Fsp3) is 0.333. The number of amides is 1. The normalized spacial score (nSPS) is 11.1. The van der Waals surface area contributed by atoms with Gasteiger partial charge >= 0.3 is 0 Å². The zero-order chi connectivity index (χ0) is 11.6. The van der Waals surface area contributed by atoms with Crippen molar-refractivity contribution in [2.45, 2.75) is 4.12 Å². The Hall–Kier alpha value is -0.770. The highest BCUT2D eigenvalue weighted by molar-refractivity contribution is 9.10. The molecule has 0 aliphatic carbocycles.